The molecule has 0 aliphatic heterocycles. The monoisotopic (exact) mass is 292 g/mol. The SMILES string of the molecule is CCCCCCn1c(SCC(=O)O)nc2ccccc21. The van der Waals surface area contributed by atoms with Crippen LogP contribution in [-0.2, 0) is 11.3 Å². The van der Waals surface area contributed by atoms with Gasteiger partial charge in [0.25, 0.3) is 0 Å². The van der Waals surface area contributed by atoms with Crippen molar-refractivity contribution in [3.05, 3.63) is 24.3 Å². The van der Waals surface area contributed by atoms with E-state index in [0.717, 1.165) is 29.2 Å². The highest BCUT2D eigenvalue weighted by atomic mass is 32.2. The van der Waals surface area contributed by atoms with Crippen LogP contribution in [0.25, 0.3) is 11.0 Å². The van der Waals surface area contributed by atoms with Gasteiger partial charge in [-0.2, -0.15) is 0 Å². The summed E-state index contributed by atoms with van der Waals surface area (Å²) in [4.78, 5) is 15.3. The Hall–Kier alpha value is -1.49. The number of imidazole rings is 1. The number of aliphatic carboxylic acids is 1. The minimum Gasteiger partial charge on any atom is -0.481 e. The van der Waals surface area contributed by atoms with Crippen LogP contribution in [0.1, 0.15) is 32.6 Å². The lowest BCUT2D eigenvalue weighted by atomic mass is 10.2. The first-order chi connectivity index (χ1) is 9.72. The predicted molar refractivity (Wildman–Crippen MR) is 82.2 cm³/mol. The first kappa shape index (κ1) is 14.9. The molecule has 0 aliphatic rings. The number of carboxylic acid groups (broad SMARTS) is 1. The van der Waals surface area contributed by atoms with E-state index in [2.05, 4.69) is 16.5 Å². The zero-order valence-corrected chi connectivity index (χ0v) is 12.5. The molecule has 108 valence electrons. The summed E-state index contributed by atoms with van der Waals surface area (Å²) in [6, 6.07) is 7.98. The molecule has 0 saturated carbocycles. The summed E-state index contributed by atoms with van der Waals surface area (Å²) in [6.07, 6.45) is 4.76. The predicted octanol–water partition coefficient (Wildman–Crippen LogP) is 3.79. The van der Waals surface area contributed by atoms with Crippen molar-refractivity contribution in [1.29, 1.82) is 0 Å². The molecule has 0 amide bonds. The summed E-state index contributed by atoms with van der Waals surface area (Å²) < 4.78 is 2.15. The number of thioether (sulfide) groups is 1. The molecule has 20 heavy (non-hydrogen) atoms. The second kappa shape index (κ2) is 7.33. The van der Waals surface area contributed by atoms with E-state index in [1.165, 1.54) is 31.0 Å². The van der Waals surface area contributed by atoms with Gasteiger partial charge in [-0.1, -0.05) is 50.1 Å². The highest BCUT2D eigenvalue weighted by molar-refractivity contribution is 7.99. The fraction of sp³-hybridized carbons (Fsp3) is 0.467. The van der Waals surface area contributed by atoms with Gasteiger partial charge in [0, 0.05) is 6.54 Å². The molecule has 5 heteroatoms. The van der Waals surface area contributed by atoms with E-state index in [1.807, 2.05) is 24.3 Å². The quantitative estimate of drug-likeness (QED) is 0.594. The number of nitrogens with zero attached hydrogens (tertiary/aromatic N) is 2. The summed E-state index contributed by atoms with van der Waals surface area (Å²) in [7, 11) is 0. The first-order valence-electron chi connectivity index (χ1n) is 7.02. The van der Waals surface area contributed by atoms with E-state index in [0.29, 0.717) is 0 Å². The second-order valence-electron chi connectivity index (χ2n) is 4.78. The molecule has 0 aliphatic carbocycles. The zero-order valence-electron chi connectivity index (χ0n) is 11.7. The topological polar surface area (TPSA) is 55.1 Å². The largest absolute Gasteiger partial charge is 0.481 e. The lowest BCUT2D eigenvalue weighted by molar-refractivity contribution is -0.133. The number of para-hydroxylation sites is 2. The van der Waals surface area contributed by atoms with Crippen molar-refractivity contribution in [2.75, 3.05) is 5.75 Å². The maximum Gasteiger partial charge on any atom is 0.313 e. The fourth-order valence-electron chi connectivity index (χ4n) is 2.20. The molecule has 1 N–H and O–H groups in total. The maximum atomic E-state index is 10.7. The number of hydrogen-bond donors (Lipinski definition) is 1. The number of carbonyl (C=O) groups is 1. The summed E-state index contributed by atoms with van der Waals surface area (Å²) >= 11 is 1.30. The van der Waals surface area contributed by atoms with Crippen LogP contribution in [0.3, 0.4) is 0 Å². The first-order valence-corrected chi connectivity index (χ1v) is 8.00. The van der Waals surface area contributed by atoms with Crippen LogP contribution in [0.2, 0.25) is 0 Å². The zero-order chi connectivity index (χ0) is 14.4. The molecule has 0 radical (unpaired) electrons. The maximum absolute atomic E-state index is 10.7. The molecule has 2 rings (SSSR count). The highest BCUT2D eigenvalue weighted by Gasteiger charge is 2.11. The third kappa shape index (κ3) is 3.76. The Bertz CT molecular complexity index is 580. The molecule has 0 bridgehead atoms. The Morgan fingerprint density at radius 1 is 1.30 bits per heavy atom. The molecular formula is C15H20N2O2S. The van der Waals surface area contributed by atoms with Crippen LogP contribution < -0.4 is 0 Å². The van der Waals surface area contributed by atoms with Gasteiger partial charge < -0.3 is 9.67 Å². The molecule has 1 aromatic heterocycles. The van der Waals surface area contributed by atoms with Crippen molar-refractivity contribution in [2.45, 2.75) is 44.3 Å². The molecule has 0 atom stereocenters. The summed E-state index contributed by atoms with van der Waals surface area (Å²) in [5.74, 6) is -0.752. The van der Waals surface area contributed by atoms with E-state index < -0.39 is 5.97 Å². The normalized spacial score (nSPS) is 11.1. The minimum atomic E-state index is -0.806. The van der Waals surface area contributed by atoms with Gasteiger partial charge in [0.2, 0.25) is 0 Å². The summed E-state index contributed by atoms with van der Waals surface area (Å²) in [5, 5.41) is 9.64. The van der Waals surface area contributed by atoms with Crippen LogP contribution in [-0.4, -0.2) is 26.4 Å². The number of fused-ring (bicyclic) bond motifs is 1. The summed E-state index contributed by atoms with van der Waals surface area (Å²) in [6.45, 7) is 3.10. The van der Waals surface area contributed by atoms with Gasteiger partial charge in [0.1, 0.15) is 0 Å². The van der Waals surface area contributed by atoms with Crippen molar-refractivity contribution >= 4 is 28.8 Å². The molecule has 4 nitrogen and oxygen atoms in total. The van der Waals surface area contributed by atoms with Crippen molar-refractivity contribution < 1.29 is 9.90 Å². The Morgan fingerprint density at radius 3 is 2.85 bits per heavy atom. The van der Waals surface area contributed by atoms with E-state index in [4.69, 9.17) is 5.11 Å². The van der Waals surface area contributed by atoms with Crippen molar-refractivity contribution in [3.8, 4) is 0 Å². The Balaban J connectivity index is 2.18. The fourth-order valence-corrected chi connectivity index (χ4v) is 2.96. The minimum absolute atomic E-state index is 0.0539. The molecule has 0 spiro atoms. The van der Waals surface area contributed by atoms with Gasteiger partial charge in [-0.3, -0.25) is 4.79 Å². The number of unbranched alkanes of at least 4 members (excludes halogenated alkanes) is 3. The molecule has 2 aromatic rings. The second-order valence-corrected chi connectivity index (χ2v) is 5.72. The Kier molecular flexibility index (Phi) is 5.47. The van der Waals surface area contributed by atoms with Crippen molar-refractivity contribution in [3.63, 3.8) is 0 Å². The summed E-state index contributed by atoms with van der Waals surface area (Å²) in [5.41, 5.74) is 2.03. The number of rotatable bonds is 8. The van der Waals surface area contributed by atoms with E-state index in [9.17, 15) is 4.79 Å². The Morgan fingerprint density at radius 2 is 2.10 bits per heavy atom. The van der Waals surface area contributed by atoms with Crippen LogP contribution in [0, 0.1) is 0 Å². The average molecular weight is 292 g/mol. The smallest absolute Gasteiger partial charge is 0.313 e. The lowest BCUT2D eigenvalue weighted by Crippen LogP contribution is -2.03. The number of benzene rings is 1. The highest BCUT2D eigenvalue weighted by Crippen LogP contribution is 2.24. The third-order valence-electron chi connectivity index (χ3n) is 3.18. The van der Waals surface area contributed by atoms with Gasteiger partial charge in [0.05, 0.1) is 16.8 Å². The van der Waals surface area contributed by atoms with E-state index in [1.54, 1.807) is 0 Å². The van der Waals surface area contributed by atoms with Crippen LogP contribution >= 0.6 is 11.8 Å². The molecular weight excluding hydrogens is 272 g/mol. The van der Waals surface area contributed by atoms with Gasteiger partial charge in [0.15, 0.2) is 5.16 Å². The molecule has 1 aromatic carbocycles. The van der Waals surface area contributed by atoms with Crippen LogP contribution in [0.15, 0.2) is 29.4 Å². The van der Waals surface area contributed by atoms with E-state index in [-0.39, 0.29) is 5.75 Å². The van der Waals surface area contributed by atoms with Gasteiger partial charge in [-0.25, -0.2) is 4.98 Å². The third-order valence-corrected chi connectivity index (χ3v) is 4.14. The van der Waals surface area contributed by atoms with Gasteiger partial charge >= 0.3 is 5.97 Å². The van der Waals surface area contributed by atoms with E-state index >= 15 is 0 Å². The van der Waals surface area contributed by atoms with Crippen molar-refractivity contribution in [2.24, 2.45) is 0 Å². The van der Waals surface area contributed by atoms with Crippen LogP contribution in [0.5, 0.6) is 0 Å². The van der Waals surface area contributed by atoms with Gasteiger partial charge in [-0.05, 0) is 18.6 Å². The number of hydrogen-bond acceptors (Lipinski definition) is 3. The number of carboxylic acids is 1. The average Bonchev–Trinajstić information content (AvgIpc) is 2.79. The lowest BCUT2D eigenvalue weighted by Gasteiger charge is -2.07. The standard InChI is InChI=1S/C15H20N2O2S/c1-2-3-4-7-10-17-13-9-6-5-8-12(13)16-15(17)20-11-14(18)19/h5-6,8-9H,2-4,7,10-11H2,1H3,(H,18,19). The number of aryl methyl sites for hydroxylation is 1. The van der Waals surface area contributed by atoms with Crippen LogP contribution in [0.4, 0.5) is 0 Å². The van der Waals surface area contributed by atoms with Crippen molar-refractivity contribution in [1.82, 2.24) is 9.55 Å². The molecule has 1 heterocycles. The number of aromatic nitrogens is 2. The molecule has 0 unspecified atom stereocenters. The molecule has 0 saturated heterocycles. The molecule has 0 fully saturated rings. The van der Waals surface area contributed by atoms with Gasteiger partial charge in [-0.15, -0.1) is 0 Å². The Labute approximate surface area is 123 Å².